The molecule has 0 aliphatic carbocycles. The van der Waals surface area contributed by atoms with Crippen molar-refractivity contribution in [3.8, 4) is 5.69 Å². The van der Waals surface area contributed by atoms with Crippen molar-refractivity contribution in [1.29, 1.82) is 0 Å². The number of carbonyl (C=O) groups is 1. The maximum Gasteiger partial charge on any atom is 0.271 e. The van der Waals surface area contributed by atoms with Crippen LogP contribution < -0.4 is 4.90 Å². The van der Waals surface area contributed by atoms with Crippen LogP contribution in [0.3, 0.4) is 0 Å². The zero-order valence-electron chi connectivity index (χ0n) is 17.5. The topological polar surface area (TPSA) is 97.4 Å². The van der Waals surface area contributed by atoms with E-state index in [0.29, 0.717) is 43.3 Å². The molecule has 0 N–H and O–H groups in total. The van der Waals surface area contributed by atoms with E-state index in [9.17, 15) is 14.9 Å². The summed E-state index contributed by atoms with van der Waals surface area (Å²) in [5.74, 6) is 0.451. The van der Waals surface area contributed by atoms with Gasteiger partial charge in [-0.1, -0.05) is 26.0 Å². The third-order valence-corrected chi connectivity index (χ3v) is 5.60. The summed E-state index contributed by atoms with van der Waals surface area (Å²) in [4.78, 5) is 27.7. The third-order valence-electron chi connectivity index (χ3n) is 5.60. The Labute approximate surface area is 180 Å². The first-order valence-corrected chi connectivity index (χ1v) is 10.2. The molecule has 31 heavy (non-hydrogen) atoms. The number of aromatic nitrogens is 3. The van der Waals surface area contributed by atoms with Gasteiger partial charge < -0.3 is 9.80 Å². The van der Waals surface area contributed by atoms with Crippen molar-refractivity contribution in [3.63, 3.8) is 0 Å². The molecule has 2 heterocycles. The average molecular weight is 420 g/mol. The van der Waals surface area contributed by atoms with E-state index in [1.54, 1.807) is 10.6 Å². The first-order chi connectivity index (χ1) is 14.9. The lowest BCUT2D eigenvalue weighted by molar-refractivity contribution is -0.384. The van der Waals surface area contributed by atoms with Crippen LogP contribution >= 0.6 is 0 Å². The quantitative estimate of drug-likeness (QED) is 0.464. The number of non-ortho nitro benzene ring substituents is 1. The van der Waals surface area contributed by atoms with Crippen LogP contribution in [-0.2, 0) is 0 Å². The van der Waals surface area contributed by atoms with Crippen LogP contribution in [0.4, 0.5) is 11.4 Å². The molecule has 160 valence electrons. The van der Waals surface area contributed by atoms with Crippen LogP contribution in [0, 0.1) is 10.1 Å². The molecule has 1 saturated heterocycles. The van der Waals surface area contributed by atoms with Crippen molar-refractivity contribution < 1.29 is 9.72 Å². The molecule has 1 fully saturated rings. The number of piperazine rings is 1. The predicted octanol–water partition coefficient (Wildman–Crippen LogP) is 3.26. The van der Waals surface area contributed by atoms with Gasteiger partial charge in [0.2, 0.25) is 0 Å². The summed E-state index contributed by atoms with van der Waals surface area (Å²) < 4.78 is 1.66. The summed E-state index contributed by atoms with van der Waals surface area (Å²) >= 11 is 0. The van der Waals surface area contributed by atoms with Crippen molar-refractivity contribution in [2.24, 2.45) is 0 Å². The third kappa shape index (κ3) is 4.25. The van der Waals surface area contributed by atoms with Gasteiger partial charge in [0.25, 0.3) is 11.6 Å². The zero-order valence-corrected chi connectivity index (χ0v) is 17.5. The summed E-state index contributed by atoms with van der Waals surface area (Å²) in [6, 6.07) is 12.6. The smallest absolute Gasteiger partial charge is 0.271 e. The summed E-state index contributed by atoms with van der Waals surface area (Å²) in [5, 5.41) is 18.9. The number of hydrogen-bond donors (Lipinski definition) is 0. The number of nitrogens with zero attached hydrogens (tertiary/aromatic N) is 6. The van der Waals surface area contributed by atoms with Gasteiger partial charge in [-0.25, -0.2) is 0 Å². The van der Waals surface area contributed by atoms with Crippen molar-refractivity contribution >= 4 is 17.3 Å². The molecule has 3 aromatic rings. The predicted molar refractivity (Wildman–Crippen MR) is 117 cm³/mol. The van der Waals surface area contributed by atoms with Crippen molar-refractivity contribution in [3.05, 3.63) is 76.4 Å². The maximum absolute atomic E-state index is 12.9. The molecule has 0 radical (unpaired) electrons. The highest BCUT2D eigenvalue weighted by atomic mass is 16.6. The van der Waals surface area contributed by atoms with Gasteiger partial charge in [0.1, 0.15) is 12.7 Å². The van der Waals surface area contributed by atoms with Crippen LogP contribution in [0.15, 0.2) is 55.1 Å². The van der Waals surface area contributed by atoms with E-state index >= 15 is 0 Å². The van der Waals surface area contributed by atoms with Crippen LogP contribution in [0.2, 0.25) is 0 Å². The van der Waals surface area contributed by atoms with E-state index in [-0.39, 0.29) is 11.6 Å². The van der Waals surface area contributed by atoms with Crippen molar-refractivity contribution in [2.75, 3.05) is 31.1 Å². The fraction of sp³-hybridized carbons (Fsp3) is 0.318. The maximum atomic E-state index is 12.9. The summed E-state index contributed by atoms with van der Waals surface area (Å²) in [6.07, 6.45) is 3.03. The molecule has 0 atom stereocenters. The normalized spacial score (nSPS) is 14.2. The number of amides is 1. The fourth-order valence-electron chi connectivity index (χ4n) is 3.77. The molecule has 1 aliphatic rings. The van der Waals surface area contributed by atoms with Crippen molar-refractivity contribution in [1.82, 2.24) is 19.7 Å². The second kappa shape index (κ2) is 8.55. The van der Waals surface area contributed by atoms with E-state index in [1.165, 1.54) is 30.4 Å². The summed E-state index contributed by atoms with van der Waals surface area (Å²) in [6.45, 7) is 6.66. The zero-order chi connectivity index (χ0) is 22.0. The number of anilines is 1. The first kappa shape index (κ1) is 20.5. The van der Waals surface area contributed by atoms with E-state index < -0.39 is 4.92 Å². The Morgan fingerprint density at radius 1 is 0.968 bits per heavy atom. The minimum absolute atomic E-state index is 0.00566. The number of benzene rings is 2. The lowest BCUT2D eigenvalue weighted by Gasteiger charge is -2.37. The van der Waals surface area contributed by atoms with Crippen molar-refractivity contribution in [2.45, 2.75) is 19.8 Å². The van der Waals surface area contributed by atoms with Gasteiger partial charge in [0, 0.05) is 43.9 Å². The monoisotopic (exact) mass is 420 g/mol. The van der Waals surface area contributed by atoms with E-state index in [0.717, 1.165) is 5.69 Å². The second-order valence-electron chi connectivity index (χ2n) is 7.86. The standard InChI is InChI=1S/C22H24N6O3/c1-16(2)17-3-5-18(6-4-17)22(29)26-11-9-25(10-12-26)20-8-7-19(28(30)31)13-21(20)27-14-23-24-15-27/h3-8,13-16H,9-12H2,1-2H3. The van der Waals surface area contributed by atoms with E-state index in [2.05, 4.69) is 28.9 Å². The van der Waals surface area contributed by atoms with Gasteiger partial charge in [-0.15, -0.1) is 10.2 Å². The van der Waals surface area contributed by atoms with Gasteiger partial charge in [-0.05, 0) is 29.7 Å². The van der Waals surface area contributed by atoms with Crippen LogP contribution in [0.5, 0.6) is 0 Å². The van der Waals surface area contributed by atoms with Crippen LogP contribution in [0.1, 0.15) is 35.7 Å². The molecule has 0 saturated carbocycles. The Kier molecular flexibility index (Phi) is 5.66. The van der Waals surface area contributed by atoms with E-state index in [1.807, 2.05) is 29.2 Å². The highest BCUT2D eigenvalue weighted by Gasteiger charge is 2.25. The first-order valence-electron chi connectivity index (χ1n) is 10.2. The molecule has 1 aromatic heterocycles. The van der Waals surface area contributed by atoms with Crippen LogP contribution in [-0.4, -0.2) is 56.7 Å². The van der Waals surface area contributed by atoms with Gasteiger partial charge in [0.15, 0.2) is 0 Å². The molecule has 2 aromatic carbocycles. The Balaban J connectivity index is 1.50. The van der Waals surface area contributed by atoms with E-state index in [4.69, 9.17) is 0 Å². The van der Waals surface area contributed by atoms with Gasteiger partial charge >= 0.3 is 0 Å². The van der Waals surface area contributed by atoms with Gasteiger partial charge in [0.05, 0.1) is 16.3 Å². The number of nitro groups is 1. The highest BCUT2D eigenvalue weighted by molar-refractivity contribution is 5.94. The van der Waals surface area contributed by atoms with Crippen LogP contribution in [0.25, 0.3) is 5.69 Å². The second-order valence-corrected chi connectivity index (χ2v) is 7.86. The minimum Gasteiger partial charge on any atom is -0.366 e. The summed E-state index contributed by atoms with van der Waals surface area (Å²) in [5.41, 5.74) is 3.40. The number of carbonyl (C=O) groups excluding carboxylic acids is 1. The molecule has 1 aliphatic heterocycles. The summed E-state index contributed by atoms with van der Waals surface area (Å²) in [7, 11) is 0. The number of hydrogen-bond acceptors (Lipinski definition) is 6. The highest BCUT2D eigenvalue weighted by Crippen LogP contribution is 2.29. The molecule has 4 rings (SSSR count). The van der Waals surface area contributed by atoms with Gasteiger partial charge in [-0.2, -0.15) is 0 Å². The molecule has 9 nitrogen and oxygen atoms in total. The Bertz CT molecular complexity index is 1070. The Morgan fingerprint density at radius 2 is 1.61 bits per heavy atom. The Hall–Kier alpha value is -3.75. The largest absolute Gasteiger partial charge is 0.366 e. The molecule has 9 heteroatoms. The average Bonchev–Trinajstić information content (AvgIpc) is 3.33. The molecule has 0 spiro atoms. The fourth-order valence-corrected chi connectivity index (χ4v) is 3.77. The molecule has 1 amide bonds. The van der Waals surface area contributed by atoms with Gasteiger partial charge in [-0.3, -0.25) is 19.5 Å². The molecule has 0 unspecified atom stereocenters. The number of nitro benzene ring substituents is 1. The number of rotatable bonds is 5. The lowest BCUT2D eigenvalue weighted by atomic mass is 10.0. The lowest BCUT2D eigenvalue weighted by Crippen LogP contribution is -2.49. The minimum atomic E-state index is -0.418. The Morgan fingerprint density at radius 3 is 2.19 bits per heavy atom. The molecular formula is C22H24N6O3. The molecular weight excluding hydrogens is 396 g/mol. The molecule has 0 bridgehead atoms. The SMILES string of the molecule is CC(C)c1ccc(C(=O)N2CCN(c3ccc([N+](=O)[O-])cc3-n3cnnc3)CC2)cc1.